The van der Waals surface area contributed by atoms with E-state index in [0.29, 0.717) is 16.7 Å². The molecule has 0 amide bonds. The Kier molecular flexibility index (Phi) is 8.85. The SMILES string of the molecule is COC(=O)[C@H]1O[C@@H](Oc2ccc3c(c2)Oc2cc(O[C@@H]4O[C@H](C(=O)OC)[C@@H](O)[C@H](O)[C@H]4O)ccc2C32OC(=O)c3ccccc32)[C@H](O)[C@@H](O)[C@@H]1O. The van der Waals surface area contributed by atoms with E-state index >= 15 is 0 Å². The maximum Gasteiger partial charge on any atom is 0.340 e. The van der Waals surface area contributed by atoms with Crippen molar-refractivity contribution < 1.29 is 82.9 Å². The molecule has 4 aliphatic heterocycles. The molecule has 2 saturated heterocycles. The topological polar surface area (TPSA) is 246 Å². The Hall–Kier alpha value is -4.85. The van der Waals surface area contributed by atoms with Gasteiger partial charge in [0.1, 0.15) is 59.6 Å². The number of benzene rings is 3. The number of rotatable bonds is 6. The Morgan fingerprint density at radius 3 is 1.57 bits per heavy atom. The molecular formula is C34H32O17. The summed E-state index contributed by atoms with van der Waals surface area (Å²) in [6.45, 7) is 0. The van der Waals surface area contributed by atoms with Crippen molar-refractivity contribution in [3.8, 4) is 23.0 Å². The van der Waals surface area contributed by atoms with Gasteiger partial charge in [-0.3, -0.25) is 0 Å². The molecule has 4 aliphatic rings. The summed E-state index contributed by atoms with van der Waals surface area (Å²) in [6, 6.07) is 15.5. The first-order valence-electron chi connectivity index (χ1n) is 15.6. The summed E-state index contributed by atoms with van der Waals surface area (Å²) >= 11 is 0. The smallest absolute Gasteiger partial charge is 0.340 e. The highest BCUT2D eigenvalue weighted by Crippen LogP contribution is 2.57. The zero-order valence-corrected chi connectivity index (χ0v) is 26.7. The first-order valence-corrected chi connectivity index (χ1v) is 15.6. The van der Waals surface area contributed by atoms with Gasteiger partial charge >= 0.3 is 17.9 Å². The van der Waals surface area contributed by atoms with E-state index in [1.54, 1.807) is 36.4 Å². The number of hydrogen-bond acceptors (Lipinski definition) is 17. The second kappa shape index (κ2) is 13.0. The summed E-state index contributed by atoms with van der Waals surface area (Å²) in [7, 11) is 2.11. The standard InChI is InChI=1S/C34H32O17/c1-44-30(42)27-23(37)21(35)25(39)32(49-27)46-13-7-9-17-19(11-13)48-20-12-14(47-33-26(40)22(36)24(38)28(50-33)31(43)45-2)8-10-18(20)34(17)16-6-4-3-5-15(16)29(41)51-34/h3-12,21-28,32-33,35-40H,1-2H3/t21-,22-,23-,24-,25+,26+,27-,28-,32+,33+/m0/s1. The fraction of sp³-hybridized carbons (Fsp3) is 0.382. The molecular weight excluding hydrogens is 680 g/mol. The molecule has 270 valence electrons. The summed E-state index contributed by atoms with van der Waals surface area (Å²) < 4.78 is 44.2. The predicted molar refractivity (Wildman–Crippen MR) is 163 cm³/mol. The first kappa shape index (κ1) is 34.6. The third-order valence-corrected chi connectivity index (χ3v) is 9.17. The largest absolute Gasteiger partial charge is 0.467 e. The Balaban J connectivity index is 1.25. The summed E-state index contributed by atoms with van der Waals surface area (Å²) in [5, 5.41) is 62.5. The summed E-state index contributed by atoms with van der Waals surface area (Å²) in [6.07, 6.45) is -17.5. The van der Waals surface area contributed by atoms with Crippen molar-refractivity contribution in [2.75, 3.05) is 14.2 Å². The Labute approximate surface area is 288 Å². The highest BCUT2D eigenvalue weighted by molar-refractivity contribution is 5.97. The summed E-state index contributed by atoms with van der Waals surface area (Å²) in [4.78, 5) is 37.6. The number of hydrogen-bond donors (Lipinski definition) is 6. The third kappa shape index (κ3) is 5.54. The lowest BCUT2D eigenvalue weighted by atomic mass is 9.77. The molecule has 17 nitrogen and oxygen atoms in total. The van der Waals surface area contributed by atoms with E-state index in [-0.39, 0.29) is 28.6 Å². The van der Waals surface area contributed by atoms with Crippen LogP contribution in [0.4, 0.5) is 0 Å². The molecule has 10 atom stereocenters. The molecule has 0 aromatic heterocycles. The highest BCUT2D eigenvalue weighted by atomic mass is 16.7. The average Bonchev–Trinajstić information content (AvgIpc) is 3.43. The van der Waals surface area contributed by atoms with E-state index in [0.717, 1.165) is 14.2 Å². The van der Waals surface area contributed by atoms with Gasteiger partial charge in [0.05, 0.1) is 19.8 Å². The van der Waals surface area contributed by atoms with Crippen molar-refractivity contribution in [1.82, 2.24) is 0 Å². The Bertz CT molecular complexity index is 1760. The molecule has 0 radical (unpaired) electrons. The van der Waals surface area contributed by atoms with Crippen LogP contribution in [0, 0.1) is 0 Å². The van der Waals surface area contributed by atoms with E-state index in [4.69, 9.17) is 28.4 Å². The number of ether oxygens (including phenoxy) is 8. The number of aliphatic hydroxyl groups is 6. The lowest BCUT2D eigenvalue weighted by Crippen LogP contribution is -2.61. The molecule has 51 heavy (non-hydrogen) atoms. The number of aliphatic hydroxyl groups excluding tert-OH is 6. The van der Waals surface area contributed by atoms with Crippen molar-refractivity contribution >= 4 is 17.9 Å². The predicted octanol–water partition coefficient (Wildman–Crippen LogP) is -1.03. The van der Waals surface area contributed by atoms with Crippen molar-refractivity contribution in [3.05, 3.63) is 82.9 Å². The first-order chi connectivity index (χ1) is 24.4. The molecule has 17 heteroatoms. The van der Waals surface area contributed by atoms with Gasteiger partial charge in [-0.05, 0) is 30.3 Å². The van der Waals surface area contributed by atoms with Crippen LogP contribution in [0.2, 0.25) is 0 Å². The van der Waals surface area contributed by atoms with Gasteiger partial charge in [0.15, 0.2) is 17.8 Å². The van der Waals surface area contributed by atoms with Crippen LogP contribution in [0.5, 0.6) is 23.0 Å². The van der Waals surface area contributed by atoms with Gasteiger partial charge in [0, 0.05) is 28.8 Å². The number of methoxy groups -OCH3 is 2. The fourth-order valence-electron chi connectivity index (χ4n) is 6.56. The second-order valence-electron chi connectivity index (χ2n) is 12.1. The maximum absolute atomic E-state index is 13.3. The summed E-state index contributed by atoms with van der Waals surface area (Å²) in [5.74, 6) is -2.43. The van der Waals surface area contributed by atoms with E-state index in [9.17, 15) is 45.0 Å². The average molecular weight is 713 g/mol. The molecule has 0 unspecified atom stereocenters. The van der Waals surface area contributed by atoms with E-state index in [1.165, 1.54) is 24.3 Å². The molecule has 7 rings (SSSR count). The monoisotopic (exact) mass is 712 g/mol. The molecule has 1 spiro atoms. The highest BCUT2D eigenvalue weighted by Gasteiger charge is 2.54. The fourth-order valence-corrected chi connectivity index (χ4v) is 6.56. The molecule has 3 aromatic carbocycles. The zero-order chi connectivity index (χ0) is 36.4. The lowest BCUT2D eigenvalue weighted by Gasteiger charge is -2.40. The molecule has 0 bridgehead atoms. The quantitative estimate of drug-likeness (QED) is 0.132. The molecule has 3 aromatic rings. The Morgan fingerprint density at radius 2 is 1.10 bits per heavy atom. The number of fused-ring (bicyclic) bond motifs is 6. The number of esters is 3. The molecule has 6 N–H and O–H groups in total. The van der Waals surface area contributed by atoms with E-state index in [2.05, 4.69) is 9.47 Å². The van der Waals surface area contributed by atoms with Gasteiger partial charge in [-0.2, -0.15) is 0 Å². The van der Waals surface area contributed by atoms with Crippen LogP contribution >= 0.6 is 0 Å². The van der Waals surface area contributed by atoms with Gasteiger partial charge in [0.2, 0.25) is 12.6 Å². The van der Waals surface area contributed by atoms with Crippen LogP contribution in [-0.2, 0) is 38.9 Å². The molecule has 4 heterocycles. The number of carbonyl (C=O) groups excluding carboxylic acids is 3. The second-order valence-corrected chi connectivity index (χ2v) is 12.1. The minimum Gasteiger partial charge on any atom is -0.467 e. The van der Waals surface area contributed by atoms with Crippen molar-refractivity contribution in [3.63, 3.8) is 0 Å². The van der Waals surface area contributed by atoms with Crippen LogP contribution in [0.25, 0.3) is 0 Å². The number of carbonyl (C=O) groups is 3. The van der Waals surface area contributed by atoms with E-state index < -0.39 is 84.9 Å². The van der Waals surface area contributed by atoms with Gasteiger partial charge in [-0.1, -0.05) is 18.2 Å². The molecule has 0 saturated carbocycles. The van der Waals surface area contributed by atoms with E-state index in [1.807, 2.05) is 0 Å². The molecule has 2 fully saturated rings. The Morgan fingerprint density at radius 1 is 0.627 bits per heavy atom. The van der Waals surface area contributed by atoms with Gasteiger partial charge in [-0.15, -0.1) is 0 Å². The van der Waals surface area contributed by atoms with Crippen molar-refractivity contribution in [2.45, 2.75) is 67.0 Å². The van der Waals surface area contributed by atoms with Crippen LogP contribution in [0.3, 0.4) is 0 Å². The van der Waals surface area contributed by atoms with Crippen molar-refractivity contribution in [1.29, 1.82) is 0 Å². The van der Waals surface area contributed by atoms with Crippen LogP contribution < -0.4 is 14.2 Å². The minimum absolute atomic E-state index is 0.00810. The van der Waals surface area contributed by atoms with Crippen molar-refractivity contribution in [2.24, 2.45) is 0 Å². The minimum atomic E-state index is -1.83. The molecule has 0 aliphatic carbocycles. The van der Waals surface area contributed by atoms with Gasteiger partial charge in [0.25, 0.3) is 0 Å². The lowest BCUT2D eigenvalue weighted by molar-refractivity contribution is -0.271. The maximum atomic E-state index is 13.3. The van der Waals surface area contributed by atoms with Crippen LogP contribution in [-0.4, -0.2) is 124 Å². The van der Waals surface area contributed by atoms with Gasteiger partial charge < -0.3 is 68.5 Å². The van der Waals surface area contributed by atoms with Crippen LogP contribution in [0.1, 0.15) is 27.0 Å². The van der Waals surface area contributed by atoms with Gasteiger partial charge in [-0.25, -0.2) is 14.4 Å². The normalized spacial score (nSPS) is 31.6. The summed E-state index contributed by atoms with van der Waals surface area (Å²) in [5.41, 5.74) is -0.0479. The van der Waals surface area contributed by atoms with Crippen LogP contribution in [0.15, 0.2) is 60.7 Å². The zero-order valence-electron chi connectivity index (χ0n) is 26.7. The third-order valence-electron chi connectivity index (χ3n) is 9.17.